The second-order valence-corrected chi connectivity index (χ2v) is 6.82. The molecule has 1 aliphatic rings. The van der Waals surface area contributed by atoms with Gasteiger partial charge in [0.15, 0.2) is 0 Å². The van der Waals surface area contributed by atoms with Gasteiger partial charge in [-0.1, -0.05) is 27.7 Å². The Morgan fingerprint density at radius 2 is 1.47 bits per heavy atom. The van der Waals surface area contributed by atoms with E-state index in [0.717, 1.165) is 18.4 Å². The van der Waals surface area contributed by atoms with Gasteiger partial charge in [-0.15, -0.1) is 0 Å². The Kier molecular flexibility index (Phi) is 8.67. The first kappa shape index (κ1) is 16.9. The monoisotopic (exact) mass is 269 g/mol. The Morgan fingerprint density at radius 3 is 2.05 bits per heavy atom. The van der Waals surface area contributed by atoms with Crippen LogP contribution in [-0.2, 0) is 0 Å². The fourth-order valence-corrected chi connectivity index (χ4v) is 2.71. The van der Waals surface area contributed by atoms with E-state index < -0.39 is 0 Å². The Balaban J connectivity index is 1.95. The van der Waals surface area contributed by atoms with Crippen molar-refractivity contribution in [3.8, 4) is 0 Å². The first-order chi connectivity index (χ1) is 9.08. The normalized spacial score (nSPS) is 18.6. The zero-order valence-electron chi connectivity index (χ0n) is 13.6. The molecule has 0 aromatic heterocycles. The molecule has 1 heterocycles. The molecule has 0 unspecified atom stereocenters. The lowest BCUT2D eigenvalue weighted by atomic mass is 10.1. The Bertz CT molecular complexity index is 208. The van der Waals surface area contributed by atoms with Gasteiger partial charge in [-0.25, -0.2) is 0 Å². The van der Waals surface area contributed by atoms with E-state index >= 15 is 0 Å². The summed E-state index contributed by atoms with van der Waals surface area (Å²) in [5.74, 6) is 1.64. The van der Waals surface area contributed by atoms with Gasteiger partial charge in [0.2, 0.25) is 0 Å². The van der Waals surface area contributed by atoms with Crippen molar-refractivity contribution in [3.63, 3.8) is 0 Å². The Labute approximate surface area is 120 Å². The van der Waals surface area contributed by atoms with Gasteiger partial charge in [-0.2, -0.15) is 0 Å². The third kappa shape index (κ3) is 8.61. The first-order valence-corrected chi connectivity index (χ1v) is 8.23. The van der Waals surface area contributed by atoms with Crippen LogP contribution in [0.1, 0.15) is 40.5 Å². The quantitative estimate of drug-likeness (QED) is 0.648. The largest absolute Gasteiger partial charge is 0.315 e. The molecule has 1 aliphatic heterocycles. The van der Waals surface area contributed by atoms with Gasteiger partial charge in [-0.05, 0) is 31.2 Å². The van der Waals surface area contributed by atoms with E-state index in [2.05, 4.69) is 42.8 Å². The summed E-state index contributed by atoms with van der Waals surface area (Å²) in [4.78, 5) is 5.21. The molecule has 0 aliphatic carbocycles. The molecule has 0 bridgehead atoms. The van der Waals surface area contributed by atoms with Crippen molar-refractivity contribution in [1.29, 1.82) is 0 Å². The zero-order chi connectivity index (χ0) is 14.1. The van der Waals surface area contributed by atoms with Crippen LogP contribution in [-0.4, -0.2) is 62.2 Å². The molecule has 0 atom stereocenters. The maximum atomic E-state index is 3.58. The zero-order valence-corrected chi connectivity index (χ0v) is 13.6. The van der Waals surface area contributed by atoms with Crippen LogP contribution in [0.15, 0.2) is 0 Å². The molecule has 3 heteroatoms. The van der Waals surface area contributed by atoms with Crippen LogP contribution in [0.4, 0.5) is 0 Å². The lowest BCUT2D eigenvalue weighted by Crippen LogP contribution is -2.48. The molecule has 1 rings (SSSR count). The fraction of sp³-hybridized carbons (Fsp3) is 1.00. The lowest BCUT2D eigenvalue weighted by Gasteiger charge is -2.35. The highest BCUT2D eigenvalue weighted by molar-refractivity contribution is 4.73. The van der Waals surface area contributed by atoms with Crippen molar-refractivity contribution >= 4 is 0 Å². The van der Waals surface area contributed by atoms with Gasteiger partial charge in [0, 0.05) is 45.8 Å². The molecule has 0 spiro atoms. The van der Waals surface area contributed by atoms with Gasteiger partial charge >= 0.3 is 0 Å². The van der Waals surface area contributed by atoms with Crippen molar-refractivity contribution in [3.05, 3.63) is 0 Å². The molecule has 0 radical (unpaired) electrons. The predicted octanol–water partition coefficient (Wildman–Crippen LogP) is 2.29. The molecule has 114 valence electrons. The molecule has 1 N–H and O–H groups in total. The minimum atomic E-state index is 0.800. The average Bonchev–Trinajstić information content (AvgIpc) is 2.34. The summed E-state index contributed by atoms with van der Waals surface area (Å²) in [6.07, 6.45) is 2.67. The lowest BCUT2D eigenvalue weighted by molar-refractivity contribution is 0.123. The summed E-state index contributed by atoms with van der Waals surface area (Å²) >= 11 is 0. The minimum absolute atomic E-state index is 0.800. The minimum Gasteiger partial charge on any atom is -0.315 e. The van der Waals surface area contributed by atoms with E-state index in [1.165, 1.54) is 58.7 Å². The van der Waals surface area contributed by atoms with E-state index in [0.29, 0.717) is 0 Å². The number of piperazine rings is 1. The van der Waals surface area contributed by atoms with Gasteiger partial charge in [0.05, 0.1) is 0 Å². The molecular formula is C16H35N3. The molecular weight excluding hydrogens is 234 g/mol. The van der Waals surface area contributed by atoms with E-state index in [1.807, 2.05) is 0 Å². The first-order valence-electron chi connectivity index (χ1n) is 8.23. The smallest absolute Gasteiger partial charge is 0.0110 e. The molecule has 0 saturated carbocycles. The molecule has 1 fully saturated rings. The molecule has 0 aromatic rings. The van der Waals surface area contributed by atoms with Crippen LogP contribution in [0.5, 0.6) is 0 Å². The van der Waals surface area contributed by atoms with Crippen LogP contribution < -0.4 is 5.32 Å². The average molecular weight is 269 g/mol. The number of rotatable bonds is 9. The van der Waals surface area contributed by atoms with Gasteiger partial charge in [-0.3, -0.25) is 4.90 Å². The van der Waals surface area contributed by atoms with Crippen molar-refractivity contribution in [1.82, 2.24) is 15.1 Å². The van der Waals surface area contributed by atoms with Crippen LogP contribution in [0.3, 0.4) is 0 Å². The van der Waals surface area contributed by atoms with E-state index in [1.54, 1.807) is 0 Å². The van der Waals surface area contributed by atoms with Crippen LogP contribution in [0, 0.1) is 11.8 Å². The van der Waals surface area contributed by atoms with E-state index in [-0.39, 0.29) is 0 Å². The summed E-state index contributed by atoms with van der Waals surface area (Å²) in [5, 5.41) is 3.58. The topological polar surface area (TPSA) is 18.5 Å². The van der Waals surface area contributed by atoms with Crippen molar-refractivity contribution in [2.24, 2.45) is 11.8 Å². The van der Waals surface area contributed by atoms with Crippen molar-refractivity contribution in [2.75, 3.05) is 52.4 Å². The van der Waals surface area contributed by atoms with E-state index in [9.17, 15) is 0 Å². The second-order valence-electron chi connectivity index (χ2n) is 6.82. The summed E-state index contributed by atoms with van der Waals surface area (Å²) in [5.41, 5.74) is 0. The maximum absolute atomic E-state index is 3.58. The number of nitrogens with one attached hydrogen (secondary N) is 1. The molecule has 3 nitrogen and oxygen atoms in total. The summed E-state index contributed by atoms with van der Waals surface area (Å²) < 4.78 is 0. The van der Waals surface area contributed by atoms with E-state index in [4.69, 9.17) is 0 Å². The molecule has 1 saturated heterocycles. The van der Waals surface area contributed by atoms with Crippen LogP contribution >= 0.6 is 0 Å². The van der Waals surface area contributed by atoms with Crippen molar-refractivity contribution in [2.45, 2.75) is 40.5 Å². The Morgan fingerprint density at radius 1 is 0.842 bits per heavy atom. The summed E-state index contributed by atoms with van der Waals surface area (Å²) in [7, 11) is 0. The number of nitrogens with zero attached hydrogens (tertiary/aromatic N) is 2. The third-order valence-electron chi connectivity index (χ3n) is 3.83. The third-order valence-corrected chi connectivity index (χ3v) is 3.83. The molecule has 19 heavy (non-hydrogen) atoms. The van der Waals surface area contributed by atoms with Crippen molar-refractivity contribution < 1.29 is 0 Å². The maximum Gasteiger partial charge on any atom is 0.0110 e. The highest BCUT2D eigenvalue weighted by atomic mass is 15.3. The summed E-state index contributed by atoms with van der Waals surface area (Å²) in [6, 6.07) is 0. The summed E-state index contributed by atoms with van der Waals surface area (Å²) in [6.45, 7) is 19.1. The second kappa shape index (κ2) is 9.73. The molecule has 0 amide bonds. The number of hydrogen-bond donors (Lipinski definition) is 1. The van der Waals surface area contributed by atoms with Crippen LogP contribution in [0.25, 0.3) is 0 Å². The van der Waals surface area contributed by atoms with Gasteiger partial charge in [0.1, 0.15) is 0 Å². The standard InChI is InChI=1S/C16H35N3/c1-15(2)6-5-7-17-8-9-18-10-12-19(13-11-18)14-16(3)4/h15-17H,5-14H2,1-4H3. The predicted molar refractivity (Wildman–Crippen MR) is 84.7 cm³/mol. The van der Waals surface area contributed by atoms with Gasteiger partial charge < -0.3 is 10.2 Å². The number of hydrogen-bond acceptors (Lipinski definition) is 3. The SMILES string of the molecule is CC(C)CCCNCCN1CCN(CC(C)C)CC1. The Hall–Kier alpha value is -0.120. The highest BCUT2D eigenvalue weighted by Gasteiger charge is 2.16. The fourth-order valence-electron chi connectivity index (χ4n) is 2.71. The van der Waals surface area contributed by atoms with Gasteiger partial charge in [0.25, 0.3) is 0 Å². The molecule has 0 aromatic carbocycles. The van der Waals surface area contributed by atoms with Crippen LogP contribution in [0.2, 0.25) is 0 Å². The highest BCUT2D eigenvalue weighted by Crippen LogP contribution is 2.05.